The third kappa shape index (κ3) is 24.1. The smallest absolute Gasteiger partial charge is 0.479 e. The van der Waals surface area contributed by atoms with Crippen molar-refractivity contribution < 1.29 is 94.3 Å². The van der Waals surface area contributed by atoms with Crippen molar-refractivity contribution in [1.82, 2.24) is 5.32 Å². The number of amides is 4. The molecule has 87 heavy (non-hydrogen) atoms. The number of anilines is 1. The Balaban J connectivity index is 0.000000808. The van der Waals surface area contributed by atoms with Gasteiger partial charge in [0, 0.05) is 73.8 Å². The minimum absolute atomic E-state index is 0. The summed E-state index contributed by atoms with van der Waals surface area (Å²) in [4.78, 5) is 84.8. The van der Waals surface area contributed by atoms with Gasteiger partial charge < -0.3 is 76.9 Å². The molecule has 1 aliphatic carbocycles. The van der Waals surface area contributed by atoms with Crippen LogP contribution in [0.5, 0.6) is 11.5 Å². The van der Waals surface area contributed by atoms with Crippen LogP contribution in [0, 0.1) is 35.5 Å². The van der Waals surface area contributed by atoms with E-state index in [0.717, 1.165) is 0 Å². The molecule has 0 saturated carbocycles. The van der Waals surface area contributed by atoms with Crippen LogP contribution in [0.2, 0.25) is 0 Å². The summed E-state index contributed by atoms with van der Waals surface area (Å²) in [6, 6.07) is 1.33. The number of Topliss-reactive ketones (excluding diaryl/α,β-unsaturated/α-hetero) is 1. The number of nitrogens with one attached hydrogen (secondary N) is 2. The topological polar surface area (TPSA) is 385 Å². The van der Waals surface area contributed by atoms with Crippen LogP contribution in [0.4, 0.5) is 21.0 Å². The van der Waals surface area contributed by atoms with Gasteiger partial charge in [-0.2, -0.15) is 0 Å². The number of hydrogen-bond acceptors (Lipinski definition) is 18. The first-order chi connectivity index (χ1) is 40.9. The average Bonchev–Trinajstić information content (AvgIpc) is 1.46. The van der Waals surface area contributed by atoms with E-state index in [2.05, 4.69) is 28.5 Å². The fraction of sp³-hybridized carbons (Fsp3) is 0.492. The van der Waals surface area contributed by atoms with Crippen LogP contribution < -0.4 is 37.6 Å². The fourth-order valence-corrected chi connectivity index (χ4v) is 10.3. The highest BCUT2D eigenvalue weighted by Crippen LogP contribution is 2.41. The van der Waals surface area contributed by atoms with Gasteiger partial charge in [-0.25, -0.2) is 14.3 Å². The van der Waals surface area contributed by atoms with Crippen molar-refractivity contribution in [3.05, 3.63) is 131 Å². The number of carbonyl (C=O) groups is 6. The van der Waals surface area contributed by atoms with Crippen LogP contribution in [0.25, 0.3) is 0 Å². The third-order valence-electron chi connectivity index (χ3n) is 15.0. The monoisotopic (exact) mass is 1240 g/mol. The number of primary amides is 2. The Bertz CT molecular complexity index is 2900. The number of aliphatic hydroxyl groups excluding tert-OH is 2. The van der Waals surface area contributed by atoms with Gasteiger partial charge in [-0.15, -0.1) is 6.58 Å². The minimum Gasteiger partial charge on any atom is -0.674 e. The number of phenolic OH excluding ortho intramolecular Hbond substituents is 2. The SMILES string of the molecule is C=CCCC1=C2C[C@@H](C)C[C@H](OC)[C@H](O)[C@@H](C)/C=C(\C)[C@H](OC(N)=O)[C@@H](C)/C=C\C=C(/C)C(=O)NC(=CC1=O)C2=O.C=CC[NH2+]c1c(O)cc2c(O)c1C[C@@H](C)C[C@H](OC)[C@H](O)[C@@H](C)/C=C(\C)[C@H](OC(N)=O)[C@@H](C)/C=C\C=C(/C)C(=O)N2.O=[P+]([O-])O[O-].[HH]. The van der Waals surface area contributed by atoms with E-state index in [-0.39, 0.29) is 72.0 Å². The fourth-order valence-electron chi connectivity index (χ4n) is 10.3. The van der Waals surface area contributed by atoms with E-state index < -0.39 is 74.7 Å². The number of aliphatic hydroxyl groups is 2. The zero-order valence-electron chi connectivity index (χ0n) is 51.9. The molecule has 0 aromatic heterocycles. The van der Waals surface area contributed by atoms with Crippen molar-refractivity contribution in [2.75, 3.05) is 26.1 Å². The quantitative estimate of drug-likeness (QED) is 0.0167. The van der Waals surface area contributed by atoms with Crippen LogP contribution >= 0.6 is 8.25 Å². The largest absolute Gasteiger partial charge is 0.674 e. The van der Waals surface area contributed by atoms with E-state index in [1.165, 1.54) is 26.4 Å². The highest BCUT2D eigenvalue weighted by atomic mass is 31.1. The summed E-state index contributed by atoms with van der Waals surface area (Å²) in [6.45, 7) is 26.0. The van der Waals surface area contributed by atoms with Gasteiger partial charge in [0.05, 0.1) is 47.9 Å². The van der Waals surface area contributed by atoms with E-state index >= 15 is 0 Å². The molecule has 24 heteroatoms. The molecule has 482 valence electrons. The number of carbonyl (C=O) groups excluding carboxylic acids is 6. The lowest BCUT2D eigenvalue weighted by atomic mass is 9.82. The maximum atomic E-state index is 13.6. The number of benzene rings is 1. The number of phenols is 2. The van der Waals surface area contributed by atoms with E-state index in [9.17, 15) is 49.2 Å². The molecule has 0 radical (unpaired) electrons. The molecule has 12 N–H and O–H groups in total. The molecule has 0 saturated heterocycles. The number of allylic oxidation sites excluding steroid dienone is 8. The van der Waals surface area contributed by atoms with Gasteiger partial charge in [0.25, 0.3) is 11.8 Å². The molecule has 1 aromatic rings. The Labute approximate surface area is 512 Å². The maximum Gasteiger partial charge on any atom is 0.479 e. The molecule has 4 amide bonds. The molecule has 4 bridgehead atoms. The average molecular weight is 1240 g/mol. The maximum absolute atomic E-state index is 13.6. The summed E-state index contributed by atoms with van der Waals surface area (Å²) >= 11 is 0. The summed E-state index contributed by atoms with van der Waals surface area (Å²) in [7, 11) is -0.108. The summed E-state index contributed by atoms with van der Waals surface area (Å²) in [5, 5.41) is 60.1. The first-order valence-corrected chi connectivity index (χ1v) is 29.6. The first kappa shape index (κ1) is 75.9. The Morgan fingerprint density at radius 3 is 1.66 bits per heavy atom. The first-order valence-electron chi connectivity index (χ1n) is 28.5. The van der Waals surface area contributed by atoms with Crippen LogP contribution in [0.3, 0.4) is 0 Å². The summed E-state index contributed by atoms with van der Waals surface area (Å²) in [5.41, 5.74) is 14.5. The second-order valence-electron chi connectivity index (χ2n) is 22.2. The third-order valence-corrected chi connectivity index (χ3v) is 15.1. The van der Waals surface area contributed by atoms with Crippen molar-refractivity contribution in [2.45, 2.75) is 144 Å². The minimum atomic E-state index is -3.15. The predicted octanol–water partition coefficient (Wildman–Crippen LogP) is 6.49. The molecule has 1 unspecified atom stereocenters. The van der Waals surface area contributed by atoms with Gasteiger partial charge in [-0.3, -0.25) is 19.2 Å². The molecule has 23 nitrogen and oxygen atoms in total. The number of nitrogens with two attached hydrogens (primary N) is 3. The molecule has 0 fully saturated rings. The number of methoxy groups -OCH3 is 2. The molecular formula is C63H92N5O18P. The van der Waals surface area contributed by atoms with Crippen molar-refractivity contribution >= 4 is 55.2 Å². The van der Waals surface area contributed by atoms with Gasteiger partial charge in [0.1, 0.15) is 18.0 Å². The summed E-state index contributed by atoms with van der Waals surface area (Å²) < 4.78 is 33.5. The Morgan fingerprint density at radius 1 is 0.770 bits per heavy atom. The molecule has 3 aliphatic rings. The summed E-state index contributed by atoms with van der Waals surface area (Å²) in [6.07, 6.45) is 14.5. The number of rotatable bonds is 11. The number of fused-ring (bicyclic) bond motifs is 4. The van der Waals surface area contributed by atoms with Gasteiger partial charge >= 0.3 is 20.4 Å². The van der Waals surface area contributed by atoms with Crippen molar-refractivity contribution in [3.8, 4) is 11.5 Å². The second-order valence-corrected chi connectivity index (χ2v) is 22.8. The lowest BCUT2D eigenvalue weighted by Gasteiger charge is -2.29. The van der Waals surface area contributed by atoms with E-state index in [1.54, 1.807) is 74.7 Å². The number of ketones is 2. The summed E-state index contributed by atoms with van der Waals surface area (Å²) in [5.74, 6) is -3.52. The number of hydrogen-bond donors (Lipinski definition) is 9. The van der Waals surface area contributed by atoms with Crippen LogP contribution in [0.15, 0.2) is 125 Å². The van der Waals surface area contributed by atoms with Gasteiger partial charge in [0.2, 0.25) is 5.78 Å². The lowest BCUT2D eigenvalue weighted by Crippen LogP contribution is -2.78. The number of ether oxygens (including phenoxy) is 4. The van der Waals surface area contributed by atoms with E-state index in [4.69, 9.17) is 45.1 Å². The highest BCUT2D eigenvalue weighted by Gasteiger charge is 2.34. The van der Waals surface area contributed by atoms with Crippen molar-refractivity contribution in [1.29, 1.82) is 0 Å². The molecule has 2 heterocycles. The van der Waals surface area contributed by atoms with Crippen LogP contribution in [-0.2, 0) is 53.8 Å². The molecule has 0 spiro atoms. The zero-order valence-corrected chi connectivity index (χ0v) is 52.8. The Morgan fingerprint density at radius 2 is 1.23 bits per heavy atom. The predicted molar refractivity (Wildman–Crippen MR) is 327 cm³/mol. The zero-order chi connectivity index (χ0) is 66.0. The van der Waals surface area contributed by atoms with Gasteiger partial charge in [-0.1, -0.05) is 103 Å². The number of quaternary nitrogens is 1. The molecule has 1 aromatic carbocycles. The normalized spacial score (nSPS) is 29.8. The highest BCUT2D eigenvalue weighted by molar-refractivity contribution is 7.30. The van der Waals surface area contributed by atoms with Crippen LogP contribution in [0.1, 0.15) is 108 Å². The van der Waals surface area contributed by atoms with Gasteiger partial charge in [-0.05, 0) is 99.8 Å². The van der Waals surface area contributed by atoms with Crippen LogP contribution in [-0.4, -0.2) is 113 Å². The molecule has 4 rings (SSSR count). The lowest BCUT2D eigenvalue weighted by molar-refractivity contribution is -0.644. The molecular weight excluding hydrogens is 1150 g/mol. The second kappa shape index (κ2) is 37.5. The Kier molecular flexibility index (Phi) is 32.7. The van der Waals surface area contributed by atoms with Crippen molar-refractivity contribution in [3.63, 3.8) is 0 Å². The molecule has 13 atom stereocenters. The number of aromatic hydroxyl groups is 2. The standard InChI is InChI=1S/C32H44N2O7.C31H45N3O7.HO4P.H2/c1-8-9-13-23-24-14-18(2)15-27(40-7)28(36)21(5)16-22(6)30(41-32(33)39)19(3)11-10-12-20(4)31(38)34-25(29(24)37)17-26(23)35;1-8-12-33-26-22-13-17(2)14-25(40-7)27(36)20(5)15-21(6)29(41-31(32)39)18(3)10-9-11-19(4)30(38)34-23(28(22)37)16-24(26)35;1-4-5(2)3;/h8,10-12,16-19,21,27-28,30,36H,1,9,13-15H2,2-7H3,(H2,33,39)(H,34,38);8-11,15-18,20,25,27,29,33,35-37H,1,12-14H2,2-7H3,(H2,32,39)(H,34,38);1H;1H/b11-10-,20-12+,22-16+;10-9-,19-11+,21-15+;;/t18-,19+,21+,27+,28-,30-;17-,18+,20+,25+,27-,29-;;/m11../s1. The van der Waals surface area contributed by atoms with Gasteiger partial charge in [0.15, 0.2) is 17.2 Å². The van der Waals surface area contributed by atoms with Crippen molar-refractivity contribution in [2.24, 2.45) is 47.0 Å². The van der Waals surface area contributed by atoms with E-state index in [0.29, 0.717) is 83.3 Å². The van der Waals surface area contributed by atoms with E-state index in [1.807, 2.05) is 60.6 Å². The Hall–Kier alpha value is -7.18. The molecule has 2 aliphatic heterocycles.